The molecular formula is C16H19ClO. The van der Waals surface area contributed by atoms with Gasteiger partial charge in [-0.25, -0.2) is 0 Å². The molecule has 0 amide bonds. The molecule has 1 nitrogen and oxygen atoms in total. The van der Waals surface area contributed by atoms with Gasteiger partial charge in [0.1, 0.15) is 0 Å². The summed E-state index contributed by atoms with van der Waals surface area (Å²) in [6.07, 6.45) is 6.14. The maximum Gasteiger partial charge on any atom is 0.164 e. The molecule has 0 bridgehead atoms. The van der Waals surface area contributed by atoms with Gasteiger partial charge in [-0.1, -0.05) is 44.0 Å². The Morgan fingerprint density at radius 2 is 1.83 bits per heavy atom. The minimum atomic E-state index is -0.214. The fraction of sp³-hybridized carbons (Fsp3) is 0.438. The van der Waals surface area contributed by atoms with Crippen LogP contribution in [0, 0.1) is 5.41 Å². The van der Waals surface area contributed by atoms with Crippen molar-refractivity contribution in [3.05, 3.63) is 40.4 Å². The Kier molecular flexibility index (Phi) is 3.91. The highest BCUT2D eigenvalue weighted by molar-refractivity contribution is 6.30. The molecule has 0 radical (unpaired) electrons. The van der Waals surface area contributed by atoms with Gasteiger partial charge in [0.2, 0.25) is 0 Å². The van der Waals surface area contributed by atoms with Crippen molar-refractivity contribution in [1.29, 1.82) is 0 Å². The van der Waals surface area contributed by atoms with Gasteiger partial charge in [0.15, 0.2) is 5.78 Å². The quantitative estimate of drug-likeness (QED) is 0.520. The Bertz CT molecular complexity index is 468. The van der Waals surface area contributed by atoms with Crippen LogP contribution in [0.3, 0.4) is 0 Å². The number of halogens is 1. The summed E-state index contributed by atoms with van der Waals surface area (Å²) in [6.45, 7) is 4.10. The molecule has 1 aromatic carbocycles. The molecule has 0 aliphatic heterocycles. The number of ketones is 1. The van der Waals surface area contributed by atoms with Crippen molar-refractivity contribution in [2.45, 2.75) is 39.5 Å². The molecule has 0 aromatic heterocycles. The van der Waals surface area contributed by atoms with Gasteiger partial charge in [0.05, 0.1) is 0 Å². The van der Waals surface area contributed by atoms with E-state index in [2.05, 4.69) is 13.8 Å². The van der Waals surface area contributed by atoms with Crippen LogP contribution >= 0.6 is 11.6 Å². The summed E-state index contributed by atoms with van der Waals surface area (Å²) >= 11 is 5.87. The van der Waals surface area contributed by atoms with Crippen LogP contribution in [0.4, 0.5) is 0 Å². The molecule has 0 heterocycles. The first kappa shape index (κ1) is 13.4. The molecule has 1 fully saturated rings. The van der Waals surface area contributed by atoms with E-state index in [0.717, 1.165) is 41.8 Å². The third-order valence-electron chi connectivity index (χ3n) is 3.62. The molecule has 0 spiro atoms. The second-order valence-electron chi connectivity index (χ2n) is 5.64. The molecule has 2 heteroatoms. The summed E-state index contributed by atoms with van der Waals surface area (Å²) in [5.74, 6) is 0.301. The minimum Gasteiger partial charge on any atom is -0.294 e. The van der Waals surface area contributed by atoms with E-state index in [1.807, 2.05) is 30.3 Å². The SMILES string of the molecule is CC1(C)CCCCC(=Cc2ccc(Cl)cc2)C1=O. The summed E-state index contributed by atoms with van der Waals surface area (Å²) in [5.41, 5.74) is 1.80. The second kappa shape index (κ2) is 5.27. The van der Waals surface area contributed by atoms with Crippen LogP contribution in [0.15, 0.2) is 29.8 Å². The molecule has 1 aliphatic rings. The van der Waals surface area contributed by atoms with E-state index in [1.165, 1.54) is 0 Å². The highest BCUT2D eigenvalue weighted by atomic mass is 35.5. The third-order valence-corrected chi connectivity index (χ3v) is 3.87. The van der Waals surface area contributed by atoms with Crippen molar-refractivity contribution in [2.75, 3.05) is 0 Å². The van der Waals surface area contributed by atoms with Gasteiger partial charge in [-0.15, -0.1) is 0 Å². The number of carbonyl (C=O) groups is 1. The van der Waals surface area contributed by atoms with E-state index in [0.29, 0.717) is 5.78 Å². The molecule has 18 heavy (non-hydrogen) atoms. The fourth-order valence-electron chi connectivity index (χ4n) is 2.44. The zero-order valence-electron chi connectivity index (χ0n) is 11.0. The Hall–Kier alpha value is -1.08. The smallest absolute Gasteiger partial charge is 0.164 e. The standard InChI is InChI=1S/C16H19ClO/c1-16(2)10-4-3-5-13(15(16)18)11-12-6-8-14(17)9-7-12/h6-9,11H,3-5,10H2,1-2H3. The van der Waals surface area contributed by atoms with Gasteiger partial charge in [0, 0.05) is 10.4 Å². The number of benzene rings is 1. The molecule has 0 atom stereocenters. The number of rotatable bonds is 1. The Labute approximate surface area is 114 Å². The summed E-state index contributed by atoms with van der Waals surface area (Å²) < 4.78 is 0. The van der Waals surface area contributed by atoms with Crippen LogP contribution in [0.25, 0.3) is 6.08 Å². The second-order valence-corrected chi connectivity index (χ2v) is 6.08. The zero-order chi connectivity index (χ0) is 13.2. The predicted molar refractivity (Wildman–Crippen MR) is 76.7 cm³/mol. The van der Waals surface area contributed by atoms with Crippen molar-refractivity contribution >= 4 is 23.5 Å². The van der Waals surface area contributed by atoms with Gasteiger partial charge in [-0.05, 0) is 48.6 Å². The van der Waals surface area contributed by atoms with Crippen LogP contribution in [0.2, 0.25) is 5.02 Å². The third kappa shape index (κ3) is 3.02. The van der Waals surface area contributed by atoms with E-state index < -0.39 is 0 Å². The van der Waals surface area contributed by atoms with Crippen LogP contribution in [0.1, 0.15) is 45.1 Å². The number of Topliss-reactive ketones (excluding diaryl/α,β-unsaturated/α-hetero) is 1. The number of allylic oxidation sites excluding steroid dienone is 1. The van der Waals surface area contributed by atoms with Gasteiger partial charge in [-0.2, -0.15) is 0 Å². The van der Waals surface area contributed by atoms with Crippen LogP contribution < -0.4 is 0 Å². The fourth-order valence-corrected chi connectivity index (χ4v) is 2.57. The first-order valence-electron chi connectivity index (χ1n) is 6.50. The van der Waals surface area contributed by atoms with Crippen LogP contribution in [-0.4, -0.2) is 5.78 Å². The number of hydrogen-bond donors (Lipinski definition) is 0. The minimum absolute atomic E-state index is 0.214. The Morgan fingerprint density at radius 1 is 1.17 bits per heavy atom. The first-order valence-corrected chi connectivity index (χ1v) is 6.88. The van der Waals surface area contributed by atoms with Gasteiger partial charge >= 0.3 is 0 Å². The predicted octanol–water partition coefficient (Wildman–Crippen LogP) is 4.89. The topological polar surface area (TPSA) is 17.1 Å². The van der Waals surface area contributed by atoms with Crippen molar-refractivity contribution in [3.63, 3.8) is 0 Å². The lowest BCUT2D eigenvalue weighted by molar-refractivity contribution is -0.123. The Balaban J connectivity index is 2.30. The van der Waals surface area contributed by atoms with Gasteiger partial charge < -0.3 is 0 Å². The average molecular weight is 263 g/mol. The summed E-state index contributed by atoms with van der Waals surface area (Å²) in [4.78, 5) is 12.4. The molecule has 0 N–H and O–H groups in total. The molecule has 1 aromatic rings. The zero-order valence-corrected chi connectivity index (χ0v) is 11.8. The molecule has 1 saturated carbocycles. The molecule has 0 unspecified atom stereocenters. The Morgan fingerprint density at radius 3 is 2.50 bits per heavy atom. The van der Waals surface area contributed by atoms with Crippen molar-refractivity contribution in [2.24, 2.45) is 5.41 Å². The van der Waals surface area contributed by atoms with E-state index in [-0.39, 0.29) is 5.41 Å². The van der Waals surface area contributed by atoms with Crippen molar-refractivity contribution < 1.29 is 4.79 Å². The number of carbonyl (C=O) groups excluding carboxylic acids is 1. The normalized spacial score (nSPS) is 21.9. The lowest BCUT2D eigenvalue weighted by Crippen LogP contribution is -2.23. The summed E-state index contributed by atoms with van der Waals surface area (Å²) in [7, 11) is 0. The maximum absolute atomic E-state index is 12.4. The molecular weight excluding hydrogens is 244 g/mol. The van der Waals surface area contributed by atoms with E-state index >= 15 is 0 Å². The number of hydrogen-bond acceptors (Lipinski definition) is 1. The molecule has 0 saturated heterocycles. The highest BCUT2D eigenvalue weighted by Crippen LogP contribution is 2.34. The molecule has 2 rings (SSSR count). The lowest BCUT2D eigenvalue weighted by Gasteiger charge is -2.21. The largest absolute Gasteiger partial charge is 0.294 e. The van der Waals surface area contributed by atoms with Gasteiger partial charge in [-0.3, -0.25) is 4.79 Å². The maximum atomic E-state index is 12.4. The monoisotopic (exact) mass is 262 g/mol. The summed E-state index contributed by atoms with van der Waals surface area (Å²) in [6, 6.07) is 7.64. The highest BCUT2D eigenvalue weighted by Gasteiger charge is 2.31. The molecule has 96 valence electrons. The summed E-state index contributed by atoms with van der Waals surface area (Å²) in [5, 5.41) is 0.727. The van der Waals surface area contributed by atoms with Crippen LogP contribution in [0.5, 0.6) is 0 Å². The average Bonchev–Trinajstić information content (AvgIpc) is 2.45. The van der Waals surface area contributed by atoms with Gasteiger partial charge in [0.25, 0.3) is 0 Å². The van der Waals surface area contributed by atoms with E-state index in [9.17, 15) is 4.79 Å². The molecule has 1 aliphatic carbocycles. The lowest BCUT2D eigenvalue weighted by atomic mass is 9.82. The van der Waals surface area contributed by atoms with E-state index in [1.54, 1.807) is 0 Å². The van der Waals surface area contributed by atoms with E-state index in [4.69, 9.17) is 11.6 Å². The van der Waals surface area contributed by atoms with Crippen molar-refractivity contribution in [1.82, 2.24) is 0 Å². The first-order chi connectivity index (χ1) is 8.49. The van der Waals surface area contributed by atoms with Crippen molar-refractivity contribution in [3.8, 4) is 0 Å². The van der Waals surface area contributed by atoms with Crippen LogP contribution in [-0.2, 0) is 4.79 Å².